The van der Waals surface area contributed by atoms with Gasteiger partial charge in [-0.2, -0.15) is 0 Å². The van der Waals surface area contributed by atoms with Crippen LogP contribution in [0.4, 0.5) is 4.39 Å². The van der Waals surface area contributed by atoms with Crippen LogP contribution in [-0.2, 0) is 11.2 Å². The number of halogens is 1. The smallest absolute Gasteiger partial charge is 0.223 e. The first-order chi connectivity index (χ1) is 12.6. The summed E-state index contributed by atoms with van der Waals surface area (Å²) in [5, 5.41) is 0. The van der Waals surface area contributed by atoms with E-state index in [1.54, 1.807) is 14.2 Å². The van der Waals surface area contributed by atoms with Gasteiger partial charge in [0.2, 0.25) is 5.91 Å². The van der Waals surface area contributed by atoms with E-state index >= 15 is 0 Å². The lowest BCUT2D eigenvalue weighted by Gasteiger charge is -2.46. The molecule has 1 aromatic rings. The number of hydrogen-bond donors (Lipinski definition) is 0. The number of hydrogen-bond acceptors (Lipinski definition) is 4. The van der Waals surface area contributed by atoms with E-state index in [9.17, 15) is 9.18 Å². The fourth-order valence-electron chi connectivity index (χ4n) is 4.87. The number of alkyl halides is 1. The topological polar surface area (TPSA) is 42.0 Å². The van der Waals surface area contributed by atoms with Crippen molar-refractivity contribution >= 4 is 5.91 Å². The molecule has 142 valence electrons. The molecule has 0 unspecified atom stereocenters. The van der Waals surface area contributed by atoms with Crippen LogP contribution >= 0.6 is 0 Å². The number of amides is 1. The SMILES string of the molecule is COc1cc2c(cc1OC)[C@@H]1CC[C@@H](N3C[C@@H](CF)CC3=O)CN1CC2. The quantitative estimate of drug-likeness (QED) is 0.826. The third-order valence-corrected chi connectivity index (χ3v) is 6.23. The van der Waals surface area contributed by atoms with Crippen molar-refractivity contribution in [2.75, 3.05) is 40.5 Å². The van der Waals surface area contributed by atoms with Crippen molar-refractivity contribution < 1.29 is 18.7 Å². The summed E-state index contributed by atoms with van der Waals surface area (Å²) < 4.78 is 23.9. The molecule has 6 heteroatoms. The van der Waals surface area contributed by atoms with Crippen LogP contribution in [0.2, 0.25) is 0 Å². The second-order valence-electron chi connectivity index (χ2n) is 7.67. The first kappa shape index (κ1) is 17.6. The molecule has 0 N–H and O–H groups in total. The van der Waals surface area contributed by atoms with Gasteiger partial charge in [-0.3, -0.25) is 14.1 Å². The summed E-state index contributed by atoms with van der Waals surface area (Å²) in [5.41, 5.74) is 2.65. The van der Waals surface area contributed by atoms with E-state index in [4.69, 9.17) is 9.47 Å². The Hall–Kier alpha value is -1.82. The zero-order valence-electron chi connectivity index (χ0n) is 15.5. The summed E-state index contributed by atoms with van der Waals surface area (Å²) >= 11 is 0. The minimum Gasteiger partial charge on any atom is -0.493 e. The number of rotatable bonds is 4. The fraction of sp³-hybridized carbons (Fsp3) is 0.650. The van der Waals surface area contributed by atoms with Gasteiger partial charge < -0.3 is 14.4 Å². The number of carbonyl (C=O) groups is 1. The van der Waals surface area contributed by atoms with Crippen molar-refractivity contribution in [3.63, 3.8) is 0 Å². The van der Waals surface area contributed by atoms with Crippen LogP contribution in [-0.4, -0.2) is 62.3 Å². The van der Waals surface area contributed by atoms with Gasteiger partial charge in [0.25, 0.3) is 0 Å². The summed E-state index contributed by atoms with van der Waals surface area (Å²) in [7, 11) is 3.34. The van der Waals surface area contributed by atoms with Crippen LogP contribution in [0, 0.1) is 5.92 Å². The van der Waals surface area contributed by atoms with E-state index in [0.717, 1.165) is 43.9 Å². The standard InChI is InChI=1S/C20H27FN2O3/c1-25-18-8-14-5-6-22-12-15(23-11-13(10-21)7-20(23)24)3-4-17(22)16(14)9-19(18)26-2/h8-9,13,15,17H,3-7,10-12H2,1-2H3/t13-,15-,17+/m1/s1. The van der Waals surface area contributed by atoms with Crippen LogP contribution in [0.25, 0.3) is 0 Å². The molecule has 3 atom stereocenters. The number of fused-ring (bicyclic) bond motifs is 3. The van der Waals surface area contributed by atoms with Crippen LogP contribution in [0.3, 0.4) is 0 Å². The van der Waals surface area contributed by atoms with Gasteiger partial charge in [-0.05, 0) is 42.5 Å². The third kappa shape index (κ3) is 2.94. The molecule has 2 saturated heterocycles. The highest BCUT2D eigenvalue weighted by Crippen LogP contribution is 2.42. The third-order valence-electron chi connectivity index (χ3n) is 6.23. The largest absolute Gasteiger partial charge is 0.493 e. The van der Waals surface area contributed by atoms with E-state index in [0.29, 0.717) is 19.0 Å². The van der Waals surface area contributed by atoms with Crippen LogP contribution in [0.5, 0.6) is 11.5 Å². The Labute approximate surface area is 154 Å². The van der Waals surface area contributed by atoms with Gasteiger partial charge in [0.1, 0.15) is 0 Å². The van der Waals surface area contributed by atoms with E-state index < -0.39 is 6.67 Å². The molecule has 1 amide bonds. The normalized spacial score (nSPS) is 28.7. The number of likely N-dealkylation sites (tertiary alicyclic amines) is 1. The Morgan fingerprint density at radius 2 is 1.92 bits per heavy atom. The van der Waals surface area contributed by atoms with E-state index in [2.05, 4.69) is 17.0 Å². The summed E-state index contributed by atoms with van der Waals surface area (Å²) in [6, 6.07) is 4.81. The highest BCUT2D eigenvalue weighted by Gasteiger charge is 2.40. The predicted molar refractivity (Wildman–Crippen MR) is 96.4 cm³/mol. The summed E-state index contributed by atoms with van der Waals surface area (Å²) in [6.45, 7) is 2.05. The number of nitrogens with zero attached hydrogens (tertiary/aromatic N) is 2. The van der Waals surface area contributed by atoms with Gasteiger partial charge in [-0.25, -0.2) is 0 Å². The van der Waals surface area contributed by atoms with Crippen LogP contribution < -0.4 is 9.47 Å². The first-order valence-corrected chi connectivity index (χ1v) is 9.48. The number of carbonyl (C=O) groups excluding carboxylic acids is 1. The van der Waals surface area contributed by atoms with Gasteiger partial charge in [0.05, 0.1) is 20.9 Å². The molecule has 4 rings (SSSR count). The van der Waals surface area contributed by atoms with Crippen molar-refractivity contribution in [3.05, 3.63) is 23.3 Å². The molecule has 1 aromatic carbocycles. The lowest BCUT2D eigenvalue weighted by Crippen LogP contribution is -2.51. The molecule has 0 aromatic heterocycles. The molecule has 0 bridgehead atoms. The second kappa shape index (κ2) is 7.06. The average Bonchev–Trinajstić information content (AvgIpc) is 3.07. The van der Waals surface area contributed by atoms with Crippen molar-refractivity contribution in [3.8, 4) is 11.5 Å². The molecule has 5 nitrogen and oxygen atoms in total. The van der Waals surface area contributed by atoms with Crippen molar-refractivity contribution in [2.45, 2.75) is 37.8 Å². The van der Waals surface area contributed by atoms with E-state index in [1.165, 1.54) is 11.1 Å². The second-order valence-corrected chi connectivity index (χ2v) is 7.67. The number of methoxy groups -OCH3 is 2. The zero-order valence-corrected chi connectivity index (χ0v) is 15.5. The summed E-state index contributed by atoms with van der Waals surface area (Å²) in [4.78, 5) is 16.7. The molecule has 0 saturated carbocycles. The molecule has 26 heavy (non-hydrogen) atoms. The van der Waals surface area contributed by atoms with Crippen LogP contribution in [0.1, 0.15) is 36.4 Å². The van der Waals surface area contributed by atoms with Gasteiger partial charge in [-0.1, -0.05) is 0 Å². The molecule has 0 spiro atoms. The zero-order chi connectivity index (χ0) is 18.3. The van der Waals surface area contributed by atoms with Gasteiger partial charge >= 0.3 is 0 Å². The van der Waals surface area contributed by atoms with Crippen molar-refractivity contribution in [1.29, 1.82) is 0 Å². The Balaban J connectivity index is 1.52. The molecule has 3 aliphatic heterocycles. The van der Waals surface area contributed by atoms with E-state index in [1.807, 2.05) is 4.90 Å². The monoisotopic (exact) mass is 362 g/mol. The van der Waals surface area contributed by atoms with Gasteiger partial charge in [0, 0.05) is 44.1 Å². The Kier molecular flexibility index (Phi) is 4.78. The Bertz CT molecular complexity index is 696. The van der Waals surface area contributed by atoms with Crippen molar-refractivity contribution in [2.24, 2.45) is 5.92 Å². The minimum atomic E-state index is -0.393. The number of benzene rings is 1. The van der Waals surface area contributed by atoms with Gasteiger partial charge in [-0.15, -0.1) is 0 Å². The lowest BCUT2D eigenvalue weighted by molar-refractivity contribution is -0.131. The van der Waals surface area contributed by atoms with Crippen molar-refractivity contribution in [1.82, 2.24) is 9.80 Å². The fourth-order valence-corrected chi connectivity index (χ4v) is 4.87. The summed E-state index contributed by atoms with van der Waals surface area (Å²) in [5.74, 6) is 1.57. The molecular weight excluding hydrogens is 335 g/mol. The molecule has 3 heterocycles. The molecule has 2 fully saturated rings. The maximum absolute atomic E-state index is 13.0. The van der Waals surface area contributed by atoms with Crippen LogP contribution in [0.15, 0.2) is 12.1 Å². The first-order valence-electron chi connectivity index (χ1n) is 9.48. The Morgan fingerprint density at radius 3 is 2.62 bits per heavy atom. The molecule has 0 aliphatic carbocycles. The molecule has 0 radical (unpaired) electrons. The maximum atomic E-state index is 13.0. The minimum absolute atomic E-state index is 0.112. The predicted octanol–water partition coefficient (Wildman–Crippen LogP) is 2.58. The molecular formula is C20H27FN2O3. The number of ether oxygens (including phenoxy) is 2. The maximum Gasteiger partial charge on any atom is 0.223 e. The van der Waals surface area contributed by atoms with E-state index in [-0.39, 0.29) is 17.9 Å². The average molecular weight is 362 g/mol. The highest BCUT2D eigenvalue weighted by molar-refractivity contribution is 5.79. The Morgan fingerprint density at radius 1 is 1.15 bits per heavy atom. The highest BCUT2D eigenvalue weighted by atomic mass is 19.1. The summed E-state index contributed by atoms with van der Waals surface area (Å²) in [6.07, 6.45) is 3.33. The lowest BCUT2D eigenvalue weighted by atomic mass is 9.85. The van der Waals surface area contributed by atoms with Gasteiger partial charge in [0.15, 0.2) is 11.5 Å². The number of piperidine rings is 1. The molecule has 3 aliphatic rings.